The van der Waals surface area contributed by atoms with E-state index in [2.05, 4.69) is 4.98 Å². The number of hydrogen-bond donors (Lipinski definition) is 2. The van der Waals surface area contributed by atoms with Crippen LogP contribution < -0.4 is 11.0 Å². The van der Waals surface area contributed by atoms with E-state index >= 15 is 0 Å². The van der Waals surface area contributed by atoms with E-state index in [1.54, 1.807) is 18.2 Å². The number of nitrogens with zero attached hydrogens (tertiary/aromatic N) is 1. The summed E-state index contributed by atoms with van der Waals surface area (Å²) in [4.78, 5) is 26.7. The second kappa shape index (κ2) is 6.02. The number of aliphatic hydroxyl groups excluding tert-OH is 1. The Balaban J connectivity index is 2.65. The van der Waals surface area contributed by atoms with Crippen LogP contribution in [-0.4, -0.2) is 14.7 Å². The zero-order valence-corrected chi connectivity index (χ0v) is 13.7. The van der Waals surface area contributed by atoms with Gasteiger partial charge in [0.05, 0.1) is 38.6 Å². The first kappa shape index (κ1) is 16.1. The van der Waals surface area contributed by atoms with E-state index in [0.29, 0.717) is 5.69 Å². The molecule has 0 radical (unpaired) electrons. The molecule has 8 heteroatoms. The zero-order valence-electron chi connectivity index (χ0n) is 11.4. The zero-order chi connectivity index (χ0) is 16.7. The first-order valence-corrected chi connectivity index (χ1v) is 7.60. The lowest BCUT2D eigenvalue weighted by Gasteiger charge is -2.18. The van der Waals surface area contributed by atoms with Gasteiger partial charge in [0.25, 0.3) is 5.56 Å². The van der Waals surface area contributed by atoms with Crippen molar-refractivity contribution in [3.05, 3.63) is 71.8 Å². The Morgan fingerprint density at radius 1 is 1.09 bits per heavy atom. The molecular weight excluding hydrogens is 363 g/mol. The second-order valence-corrected chi connectivity index (χ2v) is 5.97. The first-order chi connectivity index (χ1) is 11.0. The van der Waals surface area contributed by atoms with Gasteiger partial charge in [0.1, 0.15) is 5.39 Å². The molecule has 3 aromatic rings. The molecule has 0 aliphatic heterocycles. The molecule has 118 valence electrons. The van der Waals surface area contributed by atoms with Gasteiger partial charge in [0, 0.05) is 12.3 Å². The smallest absolute Gasteiger partial charge is 0.261 e. The lowest BCUT2D eigenvalue weighted by molar-refractivity contribution is 0.274. The summed E-state index contributed by atoms with van der Waals surface area (Å²) in [6, 6.07) is 6.03. The van der Waals surface area contributed by atoms with Gasteiger partial charge < -0.3 is 14.7 Å². The Morgan fingerprint density at radius 2 is 1.74 bits per heavy atom. The highest BCUT2D eigenvalue weighted by Gasteiger charge is 2.19. The van der Waals surface area contributed by atoms with Crippen molar-refractivity contribution >= 4 is 45.7 Å². The highest BCUT2D eigenvalue weighted by atomic mass is 35.5. The van der Waals surface area contributed by atoms with E-state index in [1.807, 2.05) is 0 Å². The number of benzene rings is 1. The summed E-state index contributed by atoms with van der Waals surface area (Å²) in [5.41, 5.74) is -0.451. The molecule has 0 unspecified atom stereocenters. The molecule has 0 fully saturated rings. The summed E-state index contributed by atoms with van der Waals surface area (Å²) < 4.78 is 1.43. The molecule has 0 aliphatic carbocycles. The number of aromatic amines is 1. The molecule has 0 saturated heterocycles. The molecule has 2 heterocycles. The third-order valence-electron chi connectivity index (χ3n) is 3.40. The SMILES string of the molecule is O=c1cc(CO)n(-c2c(Cl)cccc2Cl)c2c(Cl)c[nH]c(=O)c12. The minimum Gasteiger partial charge on any atom is -0.390 e. The maximum atomic E-state index is 12.2. The number of H-pyrrole nitrogens is 1. The van der Waals surface area contributed by atoms with Crippen LogP contribution in [0.25, 0.3) is 16.6 Å². The number of nitrogens with one attached hydrogen (secondary N) is 1. The second-order valence-electron chi connectivity index (χ2n) is 4.75. The molecule has 0 saturated carbocycles. The fourth-order valence-electron chi connectivity index (χ4n) is 2.45. The van der Waals surface area contributed by atoms with Crippen LogP contribution in [0.2, 0.25) is 15.1 Å². The molecule has 23 heavy (non-hydrogen) atoms. The average molecular weight is 372 g/mol. The van der Waals surface area contributed by atoms with Crippen LogP contribution in [0.4, 0.5) is 0 Å². The van der Waals surface area contributed by atoms with Crippen LogP contribution in [0.1, 0.15) is 5.69 Å². The number of hydrogen-bond acceptors (Lipinski definition) is 3. The molecular formula is C15H9Cl3N2O3. The van der Waals surface area contributed by atoms with Crippen LogP contribution in [-0.2, 0) is 6.61 Å². The Labute approximate surface area is 144 Å². The standard InChI is InChI=1S/C15H9Cl3N2O3/c16-8-2-1-3-9(17)13(8)20-7(6-21)4-11(22)12-14(20)10(18)5-19-15(12)23/h1-5,21H,6H2,(H,19,23). The van der Waals surface area contributed by atoms with Gasteiger partial charge in [-0.1, -0.05) is 40.9 Å². The van der Waals surface area contributed by atoms with Gasteiger partial charge in [0.15, 0.2) is 5.43 Å². The van der Waals surface area contributed by atoms with Crippen molar-refractivity contribution in [2.45, 2.75) is 6.61 Å². The van der Waals surface area contributed by atoms with E-state index in [-0.39, 0.29) is 31.7 Å². The normalized spacial score (nSPS) is 11.1. The highest BCUT2D eigenvalue weighted by molar-refractivity contribution is 6.38. The van der Waals surface area contributed by atoms with Crippen molar-refractivity contribution in [3.8, 4) is 5.69 Å². The molecule has 0 bridgehead atoms. The van der Waals surface area contributed by atoms with Crippen molar-refractivity contribution in [3.63, 3.8) is 0 Å². The summed E-state index contributed by atoms with van der Waals surface area (Å²) in [6.07, 6.45) is 1.27. The van der Waals surface area contributed by atoms with E-state index in [0.717, 1.165) is 6.07 Å². The van der Waals surface area contributed by atoms with E-state index in [1.165, 1.54) is 10.8 Å². The quantitative estimate of drug-likeness (QED) is 0.727. The number of rotatable bonds is 2. The molecule has 3 rings (SSSR count). The predicted octanol–water partition coefficient (Wildman–Crippen LogP) is 3.13. The van der Waals surface area contributed by atoms with Gasteiger partial charge >= 0.3 is 0 Å². The molecule has 2 aromatic heterocycles. The third kappa shape index (κ3) is 2.56. The van der Waals surface area contributed by atoms with Crippen LogP contribution in [0.15, 0.2) is 40.1 Å². The Morgan fingerprint density at radius 3 is 2.35 bits per heavy atom. The van der Waals surface area contributed by atoms with Gasteiger partial charge in [-0.3, -0.25) is 9.59 Å². The van der Waals surface area contributed by atoms with Crippen LogP contribution in [0, 0.1) is 0 Å². The summed E-state index contributed by atoms with van der Waals surface area (Å²) in [5, 5.41) is 10.2. The number of halogens is 3. The molecule has 0 amide bonds. The average Bonchev–Trinajstić information content (AvgIpc) is 2.51. The van der Waals surface area contributed by atoms with Crippen LogP contribution >= 0.6 is 34.8 Å². The van der Waals surface area contributed by atoms with Crippen molar-refractivity contribution < 1.29 is 5.11 Å². The van der Waals surface area contributed by atoms with Crippen molar-refractivity contribution in [1.82, 2.24) is 9.55 Å². The van der Waals surface area contributed by atoms with Crippen LogP contribution in [0.3, 0.4) is 0 Å². The number of aromatic nitrogens is 2. The first-order valence-electron chi connectivity index (χ1n) is 6.46. The summed E-state index contributed by atoms with van der Waals surface area (Å²) >= 11 is 18.7. The number of pyridine rings is 2. The van der Waals surface area contributed by atoms with E-state index in [4.69, 9.17) is 34.8 Å². The van der Waals surface area contributed by atoms with Gasteiger partial charge in [-0.15, -0.1) is 0 Å². The van der Waals surface area contributed by atoms with Gasteiger partial charge in [-0.2, -0.15) is 0 Å². The maximum absolute atomic E-state index is 12.2. The maximum Gasteiger partial charge on any atom is 0.261 e. The molecule has 0 aliphatic rings. The molecule has 1 aromatic carbocycles. The van der Waals surface area contributed by atoms with E-state index < -0.39 is 17.6 Å². The van der Waals surface area contributed by atoms with Gasteiger partial charge in [-0.05, 0) is 12.1 Å². The Bertz CT molecular complexity index is 1020. The number of fused-ring (bicyclic) bond motifs is 1. The van der Waals surface area contributed by atoms with Crippen molar-refractivity contribution in [2.75, 3.05) is 0 Å². The number of aliphatic hydroxyl groups is 1. The topological polar surface area (TPSA) is 75.1 Å². The van der Waals surface area contributed by atoms with Crippen LogP contribution in [0.5, 0.6) is 0 Å². The lowest BCUT2D eigenvalue weighted by Crippen LogP contribution is -2.21. The van der Waals surface area contributed by atoms with Crippen molar-refractivity contribution in [2.24, 2.45) is 0 Å². The predicted molar refractivity (Wildman–Crippen MR) is 91.1 cm³/mol. The Hall–Kier alpha value is -1.79. The highest BCUT2D eigenvalue weighted by Crippen LogP contribution is 2.33. The third-order valence-corrected chi connectivity index (χ3v) is 4.30. The molecule has 2 N–H and O–H groups in total. The largest absolute Gasteiger partial charge is 0.390 e. The Kier molecular flexibility index (Phi) is 4.21. The molecule has 0 spiro atoms. The number of para-hydroxylation sites is 1. The van der Waals surface area contributed by atoms with Crippen molar-refractivity contribution in [1.29, 1.82) is 0 Å². The summed E-state index contributed by atoms with van der Waals surface area (Å²) in [7, 11) is 0. The summed E-state index contributed by atoms with van der Waals surface area (Å²) in [6.45, 7) is -0.462. The monoisotopic (exact) mass is 370 g/mol. The van der Waals surface area contributed by atoms with Gasteiger partial charge in [0.2, 0.25) is 0 Å². The fourth-order valence-corrected chi connectivity index (χ4v) is 3.25. The lowest BCUT2D eigenvalue weighted by atomic mass is 10.2. The minimum atomic E-state index is -0.587. The summed E-state index contributed by atoms with van der Waals surface area (Å²) in [5.74, 6) is 0. The van der Waals surface area contributed by atoms with E-state index in [9.17, 15) is 14.7 Å². The fraction of sp³-hybridized carbons (Fsp3) is 0.0667. The van der Waals surface area contributed by atoms with Gasteiger partial charge in [-0.25, -0.2) is 0 Å². The molecule has 0 atom stereocenters. The minimum absolute atomic E-state index is 0.128. The molecule has 5 nitrogen and oxygen atoms in total.